The average Bonchev–Trinajstić information content (AvgIpc) is 2.79. The highest BCUT2D eigenvalue weighted by Gasteiger charge is 2.20. The van der Waals surface area contributed by atoms with Crippen molar-refractivity contribution in [2.75, 3.05) is 26.2 Å². The number of carbonyl (C=O) groups is 1. The van der Waals surface area contributed by atoms with Crippen molar-refractivity contribution in [1.29, 1.82) is 0 Å². The maximum absolute atomic E-state index is 11.9. The maximum Gasteiger partial charge on any atom is 0.229 e. The Morgan fingerprint density at radius 3 is 2.56 bits per heavy atom. The van der Waals surface area contributed by atoms with Gasteiger partial charge < -0.3 is 16.0 Å². The Balaban J connectivity index is 2.26. The molecule has 0 bridgehead atoms. The monoisotopic (exact) mass is 271 g/mol. The van der Waals surface area contributed by atoms with Crippen LogP contribution in [0.3, 0.4) is 0 Å². The second kappa shape index (κ2) is 7.69. The van der Waals surface area contributed by atoms with Gasteiger partial charge in [-0.2, -0.15) is 0 Å². The van der Waals surface area contributed by atoms with Crippen molar-refractivity contribution >= 4 is 23.1 Å². The van der Waals surface area contributed by atoms with Crippen molar-refractivity contribution < 1.29 is 4.79 Å². The van der Waals surface area contributed by atoms with E-state index in [0.717, 1.165) is 6.54 Å². The van der Waals surface area contributed by atoms with Crippen LogP contribution in [-0.2, 0) is 4.79 Å². The minimum Gasteiger partial charge on any atom is -0.393 e. The van der Waals surface area contributed by atoms with Gasteiger partial charge in [0.25, 0.3) is 0 Å². The first-order valence-electron chi connectivity index (χ1n) is 6.84. The summed E-state index contributed by atoms with van der Waals surface area (Å²) >= 11 is 4.90. The standard InChI is InChI=1S/C13H25N3OS/c1-3-11(12(14)18)13(17)15-8-10(2)9-16-6-4-5-7-16/h10-11H,3-9H2,1-2H3,(H2,14,18)(H,15,17). The summed E-state index contributed by atoms with van der Waals surface area (Å²) in [6.45, 7) is 8.25. The van der Waals surface area contributed by atoms with Crippen LogP contribution in [-0.4, -0.2) is 42.0 Å². The van der Waals surface area contributed by atoms with E-state index in [9.17, 15) is 4.79 Å². The van der Waals surface area contributed by atoms with E-state index in [4.69, 9.17) is 18.0 Å². The lowest BCUT2D eigenvalue weighted by molar-refractivity contribution is -0.123. The Labute approximate surface area is 115 Å². The van der Waals surface area contributed by atoms with Gasteiger partial charge in [-0.1, -0.05) is 26.1 Å². The zero-order valence-corrected chi connectivity index (χ0v) is 12.3. The van der Waals surface area contributed by atoms with Crippen molar-refractivity contribution in [1.82, 2.24) is 10.2 Å². The molecule has 104 valence electrons. The topological polar surface area (TPSA) is 58.4 Å². The van der Waals surface area contributed by atoms with Gasteiger partial charge in [-0.15, -0.1) is 0 Å². The molecule has 4 nitrogen and oxygen atoms in total. The largest absolute Gasteiger partial charge is 0.393 e. The first kappa shape index (κ1) is 15.4. The highest BCUT2D eigenvalue weighted by molar-refractivity contribution is 7.80. The van der Waals surface area contributed by atoms with Gasteiger partial charge >= 0.3 is 0 Å². The van der Waals surface area contributed by atoms with Gasteiger partial charge in [0, 0.05) is 13.1 Å². The fraction of sp³-hybridized carbons (Fsp3) is 0.846. The smallest absolute Gasteiger partial charge is 0.229 e. The van der Waals surface area contributed by atoms with Gasteiger partial charge in [0.1, 0.15) is 0 Å². The van der Waals surface area contributed by atoms with Crippen molar-refractivity contribution in [3.05, 3.63) is 0 Å². The molecule has 1 rings (SSSR count). The first-order valence-corrected chi connectivity index (χ1v) is 7.24. The van der Waals surface area contributed by atoms with Gasteiger partial charge in [-0.3, -0.25) is 4.79 Å². The summed E-state index contributed by atoms with van der Waals surface area (Å²) in [4.78, 5) is 14.6. The summed E-state index contributed by atoms with van der Waals surface area (Å²) in [6.07, 6.45) is 3.28. The van der Waals surface area contributed by atoms with Crippen LogP contribution in [0.4, 0.5) is 0 Å². The minimum atomic E-state index is -0.320. The summed E-state index contributed by atoms with van der Waals surface area (Å²) in [5.41, 5.74) is 5.55. The van der Waals surface area contributed by atoms with E-state index in [2.05, 4.69) is 17.1 Å². The number of carbonyl (C=O) groups excluding carboxylic acids is 1. The van der Waals surface area contributed by atoms with E-state index in [-0.39, 0.29) is 11.8 Å². The van der Waals surface area contributed by atoms with E-state index in [1.54, 1.807) is 0 Å². The second-order valence-corrected chi connectivity index (χ2v) is 5.69. The second-order valence-electron chi connectivity index (χ2n) is 5.22. The average molecular weight is 271 g/mol. The number of nitrogens with one attached hydrogen (secondary N) is 1. The van der Waals surface area contributed by atoms with Crippen molar-refractivity contribution in [3.8, 4) is 0 Å². The van der Waals surface area contributed by atoms with Crippen molar-refractivity contribution in [2.45, 2.75) is 33.1 Å². The van der Waals surface area contributed by atoms with Gasteiger partial charge in [0.15, 0.2) is 0 Å². The molecule has 0 spiro atoms. The fourth-order valence-corrected chi connectivity index (χ4v) is 2.66. The predicted molar refractivity (Wildman–Crippen MR) is 78.4 cm³/mol. The quantitative estimate of drug-likeness (QED) is 0.682. The van der Waals surface area contributed by atoms with Crippen LogP contribution in [0.15, 0.2) is 0 Å². The Kier molecular flexibility index (Phi) is 6.57. The number of hydrogen-bond acceptors (Lipinski definition) is 3. The molecule has 1 amide bonds. The van der Waals surface area contributed by atoms with Crippen LogP contribution in [0.25, 0.3) is 0 Å². The third-order valence-electron chi connectivity index (χ3n) is 3.46. The molecule has 0 aromatic rings. The van der Waals surface area contributed by atoms with Crippen LogP contribution < -0.4 is 11.1 Å². The maximum atomic E-state index is 11.9. The Morgan fingerprint density at radius 2 is 2.06 bits per heavy atom. The van der Waals surface area contributed by atoms with Crippen LogP contribution >= 0.6 is 12.2 Å². The molecule has 18 heavy (non-hydrogen) atoms. The molecule has 1 heterocycles. The van der Waals surface area contributed by atoms with Crippen LogP contribution in [0, 0.1) is 11.8 Å². The van der Waals surface area contributed by atoms with E-state index in [1.807, 2.05) is 6.92 Å². The number of rotatable bonds is 7. The molecular formula is C13H25N3OS. The van der Waals surface area contributed by atoms with E-state index >= 15 is 0 Å². The van der Waals surface area contributed by atoms with Crippen molar-refractivity contribution in [3.63, 3.8) is 0 Å². The number of amides is 1. The highest BCUT2D eigenvalue weighted by atomic mass is 32.1. The predicted octanol–water partition coefficient (Wildman–Crippen LogP) is 1.15. The number of thiocarbonyl (C=S) groups is 1. The van der Waals surface area contributed by atoms with E-state index < -0.39 is 0 Å². The highest BCUT2D eigenvalue weighted by Crippen LogP contribution is 2.10. The third-order valence-corrected chi connectivity index (χ3v) is 3.75. The third kappa shape index (κ3) is 4.90. The molecule has 0 aromatic heterocycles. The van der Waals surface area contributed by atoms with Gasteiger partial charge in [-0.25, -0.2) is 0 Å². The molecule has 0 radical (unpaired) electrons. The number of hydrogen-bond donors (Lipinski definition) is 2. The summed E-state index contributed by atoms with van der Waals surface area (Å²) < 4.78 is 0. The SMILES string of the molecule is CCC(C(=O)NCC(C)CN1CCCC1)C(N)=S. The molecule has 1 fully saturated rings. The number of likely N-dealkylation sites (tertiary alicyclic amines) is 1. The molecule has 0 saturated carbocycles. The Hall–Kier alpha value is -0.680. The van der Waals surface area contributed by atoms with Crippen molar-refractivity contribution in [2.24, 2.45) is 17.6 Å². The van der Waals surface area contributed by atoms with Crippen LogP contribution in [0.1, 0.15) is 33.1 Å². The lowest BCUT2D eigenvalue weighted by Gasteiger charge is -2.21. The number of nitrogens with two attached hydrogens (primary N) is 1. The van der Waals surface area contributed by atoms with Gasteiger partial charge in [0.2, 0.25) is 5.91 Å². The van der Waals surface area contributed by atoms with Crippen LogP contribution in [0.5, 0.6) is 0 Å². The first-order chi connectivity index (χ1) is 8.54. The molecule has 0 aromatic carbocycles. The number of nitrogens with zero attached hydrogens (tertiary/aromatic N) is 1. The lowest BCUT2D eigenvalue weighted by Crippen LogP contribution is -2.41. The molecule has 2 atom stereocenters. The molecule has 0 aliphatic carbocycles. The normalized spacial score (nSPS) is 19.4. The van der Waals surface area contributed by atoms with Crippen LogP contribution in [0.2, 0.25) is 0 Å². The van der Waals surface area contributed by atoms with E-state index in [1.165, 1.54) is 25.9 Å². The zero-order valence-electron chi connectivity index (χ0n) is 11.4. The Morgan fingerprint density at radius 1 is 1.44 bits per heavy atom. The molecule has 3 N–H and O–H groups in total. The summed E-state index contributed by atoms with van der Waals surface area (Å²) in [5.74, 6) is 0.119. The zero-order chi connectivity index (χ0) is 13.5. The molecule has 1 saturated heterocycles. The molecule has 1 aliphatic heterocycles. The van der Waals surface area contributed by atoms with Gasteiger partial charge in [0.05, 0.1) is 10.9 Å². The fourth-order valence-electron chi connectivity index (χ4n) is 2.38. The molecule has 2 unspecified atom stereocenters. The lowest BCUT2D eigenvalue weighted by atomic mass is 10.1. The minimum absolute atomic E-state index is 0.0294. The summed E-state index contributed by atoms with van der Waals surface area (Å²) in [5, 5.41) is 2.96. The van der Waals surface area contributed by atoms with E-state index in [0.29, 0.717) is 23.9 Å². The molecular weight excluding hydrogens is 246 g/mol. The molecule has 1 aliphatic rings. The molecule has 5 heteroatoms. The summed E-state index contributed by atoms with van der Waals surface area (Å²) in [7, 11) is 0. The summed E-state index contributed by atoms with van der Waals surface area (Å²) in [6, 6.07) is 0. The Bertz CT molecular complexity index is 290. The van der Waals surface area contributed by atoms with Gasteiger partial charge in [-0.05, 0) is 38.3 Å².